The van der Waals surface area contributed by atoms with Gasteiger partial charge in [-0.15, -0.1) is 0 Å². The second-order valence-electron chi connectivity index (χ2n) is 8.98. The summed E-state index contributed by atoms with van der Waals surface area (Å²) in [4.78, 5) is 27.0. The molecular weight excluding hydrogens is 434 g/mol. The summed E-state index contributed by atoms with van der Waals surface area (Å²) in [6.07, 6.45) is 1.25. The number of nitrogens with one attached hydrogen (secondary N) is 2. The number of rotatable bonds is 8. The van der Waals surface area contributed by atoms with Gasteiger partial charge in [0.1, 0.15) is 11.7 Å². The molecule has 2 bridgehead atoms. The van der Waals surface area contributed by atoms with E-state index in [9.17, 15) is 9.59 Å². The van der Waals surface area contributed by atoms with Crippen molar-refractivity contribution >= 4 is 0 Å². The van der Waals surface area contributed by atoms with Crippen LogP contribution in [0.1, 0.15) is 29.3 Å². The van der Waals surface area contributed by atoms with E-state index in [0.29, 0.717) is 38.3 Å². The molecule has 0 saturated carbocycles. The normalized spacial score (nSPS) is 26.0. The second kappa shape index (κ2) is 9.68. The van der Waals surface area contributed by atoms with Crippen LogP contribution in [0.5, 0.6) is 0 Å². The molecule has 0 spiro atoms. The van der Waals surface area contributed by atoms with Gasteiger partial charge in [0, 0.05) is 11.8 Å². The number of aryl methyl sites for hydroxylation is 1. The van der Waals surface area contributed by atoms with E-state index < -0.39 is 23.1 Å². The first-order chi connectivity index (χ1) is 16.6. The van der Waals surface area contributed by atoms with Crippen molar-refractivity contribution in [2.75, 3.05) is 13.2 Å². The Morgan fingerprint density at radius 1 is 1.03 bits per heavy atom. The Morgan fingerprint density at radius 3 is 2.41 bits per heavy atom. The van der Waals surface area contributed by atoms with Crippen molar-refractivity contribution in [1.29, 1.82) is 0 Å². The summed E-state index contributed by atoms with van der Waals surface area (Å²) in [7, 11) is 0. The number of hydrogen-bond donors (Lipinski definition) is 2. The summed E-state index contributed by atoms with van der Waals surface area (Å²) in [5.74, 6) is 0. The zero-order chi connectivity index (χ0) is 23.5. The predicted octanol–water partition coefficient (Wildman–Crippen LogP) is 2.28. The molecule has 4 atom stereocenters. The SMILES string of the molecule is Cc1cn([C@@H]2O[C@@]3(COCc4ccccc4)CCN[C@@H]2[C@@H]3OCc2ccccc2)c(=O)[nH]c1=O. The summed E-state index contributed by atoms with van der Waals surface area (Å²) >= 11 is 0. The van der Waals surface area contributed by atoms with Crippen LogP contribution >= 0.6 is 0 Å². The highest BCUT2D eigenvalue weighted by Gasteiger charge is 2.59. The van der Waals surface area contributed by atoms with Gasteiger partial charge >= 0.3 is 5.69 Å². The minimum Gasteiger partial charge on any atom is -0.374 e. The Labute approximate surface area is 197 Å². The largest absolute Gasteiger partial charge is 0.374 e. The van der Waals surface area contributed by atoms with Crippen LogP contribution in [0.15, 0.2) is 76.4 Å². The molecule has 8 nitrogen and oxygen atoms in total. The zero-order valence-corrected chi connectivity index (χ0v) is 19.1. The molecule has 2 aromatic carbocycles. The lowest BCUT2D eigenvalue weighted by molar-refractivity contribution is -0.161. The van der Waals surface area contributed by atoms with Crippen LogP contribution in [0.25, 0.3) is 0 Å². The molecule has 0 radical (unpaired) electrons. The fourth-order valence-corrected chi connectivity index (χ4v) is 4.84. The maximum atomic E-state index is 12.7. The summed E-state index contributed by atoms with van der Waals surface area (Å²) in [5, 5.41) is 3.48. The van der Waals surface area contributed by atoms with Crippen LogP contribution in [-0.2, 0) is 27.4 Å². The summed E-state index contributed by atoms with van der Waals surface area (Å²) in [5.41, 5.74) is 0.952. The third kappa shape index (κ3) is 4.50. The Hall–Kier alpha value is -3.04. The first-order valence-electron chi connectivity index (χ1n) is 11.6. The first kappa shape index (κ1) is 22.7. The third-order valence-electron chi connectivity index (χ3n) is 6.59. The first-order valence-corrected chi connectivity index (χ1v) is 11.6. The van der Waals surface area contributed by atoms with E-state index in [-0.39, 0.29) is 12.1 Å². The number of nitrogens with zero attached hydrogens (tertiary/aromatic N) is 1. The van der Waals surface area contributed by atoms with Gasteiger partial charge < -0.3 is 19.5 Å². The molecule has 3 aromatic rings. The lowest BCUT2D eigenvalue weighted by Crippen LogP contribution is -2.58. The maximum Gasteiger partial charge on any atom is 0.330 e. The van der Waals surface area contributed by atoms with E-state index in [1.165, 1.54) is 4.57 Å². The van der Waals surface area contributed by atoms with Crippen molar-refractivity contribution in [3.8, 4) is 0 Å². The number of ether oxygens (including phenoxy) is 3. The molecule has 5 rings (SSSR count). The molecule has 2 fully saturated rings. The Morgan fingerprint density at radius 2 is 1.71 bits per heavy atom. The average molecular weight is 464 g/mol. The van der Waals surface area contributed by atoms with E-state index in [4.69, 9.17) is 14.2 Å². The molecule has 0 unspecified atom stereocenters. The van der Waals surface area contributed by atoms with Gasteiger partial charge in [-0.1, -0.05) is 60.7 Å². The average Bonchev–Trinajstić information content (AvgIpc) is 3.01. The van der Waals surface area contributed by atoms with Gasteiger partial charge in [0.25, 0.3) is 5.56 Å². The Balaban J connectivity index is 1.42. The van der Waals surface area contributed by atoms with Gasteiger partial charge in [-0.3, -0.25) is 14.3 Å². The lowest BCUT2D eigenvalue weighted by atomic mass is 9.87. The van der Waals surface area contributed by atoms with Crippen LogP contribution in [-0.4, -0.2) is 40.4 Å². The van der Waals surface area contributed by atoms with Gasteiger partial charge in [-0.2, -0.15) is 0 Å². The number of aromatic amines is 1. The Kier molecular flexibility index (Phi) is 6.47. The summed E-state index contributed by atoms with van der Waals surface area (Å²) in [6.45, 7) is 3.58. The topological polar surface area (TPSA) is 94.6 Å². The summed E-state index contributed by atoms with van der Waals surface area (Å²) < 4.78 is 20.7. The van der Waals surface area contributed by atoms with Crippen LogP contribution < -0.4 is 16.6 Å². The van der Waals surface area contributed by atoms with Crippen LogP contribution in [0.3, 0.4) is 0 Å². The molecule has 178 valence electrons. The van der Waals surface area contributed by atoms with Crippen LogP contribution in [0.4, 0.5) is 0 Å². The molecule has 0 amide bonds. The third-order valence-corrected chi connectivity index (χ3v) is 6.59. The van der Waals surface area contributed by atoms with E-state index in [0.717, 1.165) is 11.1 Å². The van der Waals surface area contributed by atoms with Crippen molar-refractivity contribution in [3.63, 3.8) is 0 Å². The van der Waals surface area contributed by atoms with Crippen molar-refractivity contribution in [1.82, 2.24) is 14.9 Å². The predicted molar refractivity (Wildman–Crippen MR) is 126 cm³/mol. The zero-order valence-electron chi connectivity index (χ0n) is 19.1. The van der Waals surface area contributed by atoms with Crippen molar-refractivity contribution in [3.05, 3.63) is 104 Å². The molecule has 34 heavy (non-hydrogen) atoms. The van der Waals surface area contributed by atoms with Gasteiger partial charge in [0.05, 0.1) is 25.9 Å². The number of fused-ring (bicyclic) bond motifs is 2. The molecule has 8 heteroatoms. The minimum atomic E-state index is -0.729. The Bertz CT molecular complexity index is 1230. The smallest absolute Gasteiger partial charge is 0.330 e. The number of benzene rings is 2. The maximum absolute atomic E-state index is 12.7. The van der Waals surface area contributed by atoms with E-state index >= 15 is 0 Å². The van der Waals surface area contributed by atoms with Crippen LogP contribution in [0.2, 0.25) is 0 Å². The monoisotopic (exact) mass is 463 g/mol. The fraction of sp³-hybridized carbons (Fsp3) is 0.385. The molecule has 2 N–H and O–H groups in total. The standard InChI is InChI=1S/C26H29N3O5/c1-18-14-29(25(31)28-23(18)30)24-21-22(33-16-20-10-6-3-7-11-20)26(34-24,12-13-27-21)17-32-15-19-8-4-2-5-9-19/h2-11,14,21-22,24,27H,12-13,15-17H2,1H3,(H,28,30,31)/t21-,22+,24-,26-/m1/s1. The minimum absolute atomic E-state index is 0.277. The molecular formula is C26H29N3O5. The lowest BCUT2D eigenvalue weighted by Gasteiger charge is -2.38. The molecule has 2 saturated heterocycles. The summed E-state index contributed by atoms with van der Waals surface area (Å²) in [6, 6.07) is 19.7. The van der Waals surface area contributed by atoms with Gasteiger partial charge in [0.15, 0.2) is 6.23 Å². The highest BCUT2D eigenvalue weighted by Crippen LogP contribution is 2.44. The van der Waals surface area contributed by atoms with E-state index in [2.05, 4.69) is 10.3 Å². The van der Waals surface area contributed by atoms with Crippen molar-refractivity contribution < 1.29 is 14.2 Å². The second-order valence-corrected chi connectivity index (χ2v) is 8.98. The highest BCUT2D eigenvalue weighted by molar-refractivity contribution is 5.16. The molecule has 0 aliphatic carbocycles. The number of H-pyrrole nitrogens is 1. The molecule has 2 aliphatic heterocycles. The molecule has 1 aromatic heterocycles. The van der Waals surface area contributed by atoms with Crippen molar-refractivity contribution in [2.45, 2.75) is 50.5 Å². The van der Waals surface area contributed by atoms with Gasteiger partial charge in [-0.25, -0.2) is 4.79 Å². The van der Waals surface area contributed by atoms with Crippen molar-refractivity contribution in [2.24, 2.45) is 0 Å². The number of hydrogen-bond acceptors (Lipinski definition) is 6. The molecule has 3 heterocycles. The van der Waals surface area contributed by atoms with Gasteiger partial charge in [-0.05, 0) is 31.0 Å². The fourth-order valence-electron chi connectivity index (χ4n) is 4.84. The quantitative estimate of drug-likeness (QED) is 0.532. The van der Waals surface area contributed by atoms with Gasteiger partial charge in [0.2, 0.25) is 0 Å². The van der Waals surface area contributed by atoms with Crippen LogP contribution in [0, 0.1) is 6.92 Å². The highest BCUT2D eigenvalue weighted by atomic mass is 16.6. The van der Waals surface area contributed by atoms with E-state index in [1.54, 1.807) is 13.1 Å². The van der Waals surface area contributed by atoms with E-state index in [1.807, 2.05) is 60.7 Å². The number of piperidine rings is 1. The number of aromatic nitrogens is 2. The molecule has 2 aliphatic rings.